The topological polar surface area (TPSA) is 104 Å². The molecule has 1 fully saturated rings. The van der Waals surface area contributed by atoms with Gasteiger partial charge in [-0.3, -0.25) is 0 Å². The van der Waals surface area contributed by atoms with E-state index in [1.54, 1.807) is 0 Å². The Balaban J connectivity index is 0.000000640. The Morgan fingerprint density at radius 2 is 0.667 bits per heavy atom. The molecular weight excluding hydrogens is 184 g/mol. The van der Waals surface area contributed by atoms with E-state index in [0.717, 1.165) is 0 Å². The maximum atomic E-state index is 5.43. The van der Waals surface area contributed by atoms with Gasteiger partial charge in [0.05, 0.1) is 0 Å². The second kappa shape index (κ2) is 2.94. The van der Waals surface area contributed by atoms with Crippen LogP contribution in [0.3, 0.4) is 0 Å². The lowest BCUT2D eigenvalue weighted by Crippen LogP contribution is -2.77. The van der Waals surface area contributed by atoms with Crippen molar-refractivity contribution in [2.24, 2.45) is 22.9 Å². The highest BCUT2D eigenvalue weighted by atomic mass is 79.9. The highest BCUT2D eigenvalue weighted by Gasteiger charge is 2.41. The van der Waals surface area contributed by atoms with Gasteiger partial charge >= 0.3 is 0 Å². The summed E-state index contributed by atoms with van der Waals surface area (Å²) >= 11 is 0. The molecule has 0 aliphatic heterocycles. The quantitative estimate of drug-likeness (QED) is 0.356. The first-order valence-corrected chi connectivity index (χ1v) is 2.67. The number of rotatable bonds is 0. The summed E-state index contributed by atoms with van der Waals surface area (Å²) in [4.78, 5) is 0. The summed E-state index contributed by atoms with van der Waals surface area (Å²) in [5, 5.41) is 0. The summed E-state index contributed by atoms with van der Waals surface area (Å²) < 4.78 is 0. The molecule has 0 atom stereocenters. The van der Waals surface area contributed by atoms with Gasteiger partial charge in [0.15, 0.2) is 0 Å². The van der Waals surface area contributed by atoms with Gasteiger partial charge in [0.2, 0.25) is 0 Å². The molecule has 1 saturated carbocycles. The van der Waals surface area contributed by atoms with Crippen LogP contribution in [0.1, 0.15) is 0 Å². The van der Waals surface area contributed by atoms with E-state index in [4.69, 9.17) is 22.9 Å². The third-order valence-corrected chi connectivity index (χ3v) is 1.78. The minimum Gasteiger partial charge on any atom is -0.325 e. The molecule has 4 nitrogen and oxygen atoms in total. The molecule has 1 aliphatic carbocycles. The Bertz CT molecular complexity index is 66.6. The van der Waals surface area contributed by atoms with Crippen molar-refractivity contribution in [2.75, 3.05) is 0 Å². The van der Waals surface area contributed by atoms with E-state index in [-0.39, 0.29) is 41.1 Å². The fraction of sp³-hybridized carbons (Fsp3) is 1.00. The Morgan fingerprint density at radius 3 is 0.778 bits per heavy atom. The molecule has 1 aliphatic rings. The lowest BCUT2D eigenvalue weighted by molar-refractivity contribution is 0.239. The molecule has 0 aromatic carbocycles. The maximum absolute atomic E-state index is 5.43. The van der Waals surface area contributed by atoms with Gasteiger partial charge in [0, 0.05) is 24.2 Å². The molecule has 9 heavy (non-hydrogen) atoms. The molecule has 1 rings (SSSR count). The van der Waals surface area contributed by atoms with Crippen molar-refractivity contribution in [1.82, 2.24) is 0 Å². The zero-order valence-corrected chi connectivity index (χ0v) is 6.74. The zero-order valence-electron chi connectivity index (χ0n) is 5.03. The van der Waals surface area contributed by atoms with E-state index in [9.17, 15) is 0 Å². The summed E-state index contributed by atoms with van der Waals surface area (Å²) in [7, 11) is 0. The van der Waals surface area contributed by atoms with Crippen LogP contribution in [-0.2, 0) is 0 Å². The summed E-state index contributed by atoms with van der Waals surface area (Å²) in [5.74, 6) is 0. The van der Waals surface area contributed by atoms with Gasteiger partial charge in [0.25, 0.3) is 0 Å². The first-order valence-electron chi connectivity index (χ1n) is 2.67. The monoisotopic (exact) mass is 196 g/mol. The van der Waals surface area contributed by atoms with Crippen LogP contribution in [0.25, 0.3) is 0 Å². The van der Waals surface area contributed by atoms with Crippen LogP contribution >= 0.6 is 17.0 Å². The normalized spacial score (nSPS) is 49.3. The van der Waals surface area contributed by atoms with Crippen LogP contribution < -0.4 is 22.9 Å². The molecule has 5 heteroatoms. The summed E-state index contributed by atoms with van der Waals surface area (Å²) in [5.41, 5.74) is 21.7. The van der Waals surface area contributed by atoms with Crippen LogP contribution in [0.15, 0.2) is 0 Å². The van der Waals surface area contributed by atoms with Gasteiger partial charge < -0.3 is 22.9 Å². The predicted octanol–water partition coefficient (Wildman–Crippen LogP) is -2.11. The summed E-state index contributed by atoms with van der Waals surface area (Å²) in [6.07, 6.45) is 0. The van der Waals surface area contributed by atoms with Gasteiger partial charge in [-0.15, -0.1) is 17.0 Å². The molecule has 0 spiro atoms. The first-order chi connectivity index (χ1) is 3.64. The van der Waals surface area contributed by atoms with Crippen LogP contribution in [0.4, 0.5) is 0 Å². The van der Waals surface area contributed by atoms with E-state index < -0.39 is 0 Å². The number of hydrogen-bond acceptors (Lipinski definition) is 4. The minimum absolute atomic E-state index is 0. The maximum Gasteiger partial charge on any atom is 0.0378 e. The number of hydrogen-bond donors (Lipinski definition) is 4. The van der Waals surface area contributed by atoms with Crippen molar-refractivity contribution in [3.8, 4) is 0 Å². The molecule has 8 N–H and O–H groups in total. The number of halogens is 1. The van der Waals surface area contributed by atoms with E-state index >= 15 is 0 Å². The smallest absolute Gasteiger partial charge is 0.0378 e. The Morgan fingerprint density at radius 1 is 0.556 bits per heavy atom. The predicted molar refractivity (Wildman–Crippen MR) is 42.2 cm³/mol. The average molecular weight is 197 g/mol. The lowest BCUT2D eigenvalue weighted by Gasteiger charge is -2.43. The molecule has 0 amide bonds. The Kier molecular flexibility index (Phi) is 3.04. The van der Waals surface area contributed by atoms with Crippen LogP contribution in [0.5, 0.6) is 0 Å². The molecule has 56 valence electrons. The second-order valence-corrected chi connectivity index (χ2v) is 2.31. The Hall–Kier alpha value is 0.320. The zero-order chi connectivity index (χ0) is 6.31. The van der Waals surface area contributed by atoms with Gasteiger partial charge in [-0.2, -0.15) is 0 Å². The second-order valence-electron chi connectivity index (χ2n) is 2.31. The molecule has 0 aromatic rings. The largest absolute Gasteiger partial charge is 0.325 e. The van der Waals surface area contributed by atoms with Crippen molar-refractivity contribution in [1.29, 1.82) is 0 Å². The average Bonchev–Trinajstić information content (AvgIpc) is 1.83. The van der Waals surface area contributed by atoms with Gasteiger partial charge in [-0.25, -0.2) is 0 Å². The molecule has 0 saturated heterocycles. The Labute approximate surface area is 64.7 Å². The standard InChI is InChI=1S/C4H12N4.BrH/c5-1-2(6)4(8)3(1)7;/h1-4H,5-8H2;1H. The van der Waals surface area contributed by atoms with Gasteiger partial charge in [-0.05, 0) is 0 Å². The molecule has 0 unspecified atom stereocenters. The van der Waals surface area contributed by atoms with Gasteiger partial charge in [0.1, 0.15) is 0 Å². The molecular formula is C4H13BrN4. The van der Waals surface area contributed by atoms with Gasteiger partial charge in [-0.1, -0.05) is 0 Å². The summed E-state index contributed by atoms with van der Waals surface area (Å²) in [6, 6.07) is -0.370. The van der Waals surface area contributed by atoms with Crippen molar-refractivity contribution in [3.63, 3.8) is 0 Å². The molecule has 0 aromatic heterocycles. The van der Waals surface area contributed by atoms with E-state index in [2.05, 4.69) is 0 Å². The van der Waals surface area contributed by atoms with Crippen LogP contribution in [-0.4, -0.2) is 24.2 Å². The highest BCUT2D eigenvalue weighted by Crippen LogP contribution is 2.12. The highest BCUT2D eigenvalue weighted by molar-refractivity contribution is 8.93. The molecule has 0 radical (unpaired) electrons. The van der Waals surface area contributed by atoms with E-state index in [1.807, 2.05) is 0 Å². The van der Waals surface area contributed by atoms with E-state index in [0.29, 0.717) is 0 Å². The van der Waals surface area contributed by atoms with E-state index in [1.165, 1.54) is 0 Å². The summed E-state index contributed by atoms with van der Waals surface area (Å²) in [6.45, 7) is 0. The number of nitrogens with two attached hydrogens (primary N) is 4. The SMILES string of the molecule is Br.NC1C(N)C(N)C1N. The third-order valence-electron chi connectivity index (χ3n) is 1.78. The van der Waals surface area contributed by atoms with Crippen LogP contribution in [0.2, 0.25) is 0 Å². The fourth-order valence-corrected chi connectivity index (χ4v) is 0.881. The third kappa shape index (κ3) is 1.25. The first kappa shape index (κ1) is 9.32. The van der Waals surface area contributed by atoms with Crippen molar-refractivity contribution >= 4 is 17.0 Å². The fourth-order valence-electron chi connectivity index (χ4n) is 0.881. The molecule has 0 heterocycles. The lowest BCUT2D eigenvalue weighted by atomic mass is 9.78. The molecule has 0 bridgehead atoms. The van der Waals surface area contributed by atoms with Crippen molar-refractivity contribution in [2.45, 2.75) is 24.2 Å². The van der Waals surface area contributed by atoms with Crippen LogP contribution in [0, 0.1) is 0 Å². The van der Waals surface area contributed by atoms with Crippen molar-refractivity contribution < 1.29 is 0 Å². The van der Waals surface area contributed by atoms with Crippen molar-refractivity contribution in [3.05, 3.63) is 0 Å². The minimum atomic E-state index is -0.0926.